The highest BCUT2D eigenvalue weighted by molar-refractivity contribution is 7.88. The normalized spacial score (nSPS) is 19.3. The minimum Gasteiger partial charge on any atom is -0.338 e. The van der Waals surface area contributed by atoms with Gasteiger partial charge in [-0.1, -0.05) is 0 Å². The molecule has 0 saturated carbocycles. The zero-order valence-electron chi connectivity index (χ0n) is 13.4. The lowest BCUT2D eigenvalue weighted by Gasteiger charge is -2.30. The summed E-state index contributed by atoms with van der Waals surface area (Å²) in [7, 11) is -3.16. The standard InChI is InChI=1S/C15H20N4O3S2/c1-24(21,22)19-6-2-3-11(9-19)8-16-15(20)18-12-4-5-14-13(7-12)17-10-23-14/h4-5,7,10-11H,2-3,6,8-9H2,1H3,(H2,16,18,20)/t11-/m0/s1. The van der Waals surface area contributed by atoms with E-state index < -0.39 is 10.0 Å². The third-order valence-corrected chi connectivity index (χ3v) is 6.17. The average Bonchev–Trinajstić information content (AvgIpc) is 3.00. The molecule has 0 bridgehead atoms. The molecule has 7 nitrogen and oxygen atoms in total. The molecule has 1 atom stereocenters. The van der Waals surface area contributed by atoms with E-state index in [-0.39, 0.29) is 11.9 Å². The predicted octanol–water partition coefficient (Wildman–Crippen LogP) is 2.09. The number of fused-ring (bicyclic) bond motifs is 1. The van der Waals surface area contributed by atoms with E-state index in [9.17, 15) is 13.2 Å². The SMILES string of the molecule is CS(=O)(=O)N1CCC[C@@H](CNC(=O)Nc2ccc3scnc3c2)C1. The molecule has 3 rings (SSSR count). The van der Waals surface area contributed by atoms with E-state index in [1.165, 1.54) is 10.6 Å². The van der Waals surface area contributed by atoms with E-state index in [2.05, 4.69) is 15.6 Å². The van der Waals surface area contributed by atoms with Gasteiger partial charge in [0, 0.05) is 25.3 Å². The van der Waals surface area contributed by atoms with Crippen LogP contribution in [0.1, 0.15) is 12.8 Å². The summed E-state index contributed by atoms with van der Waals surface area (Å²) in [6, 6.07) is 5.30. The van der Waals surface area contributed by atoms with Crippen molar-refractivity contribution in [2.75, 3.05) is 31.2 Å². The van der Waals surface area contributed by atoms with Gasteiger partial charge in [-0.2, -0.15) is 0 Å². The molecule has 0 radical (unpaired) electrons. The summed E-state index contributed by atoms with van der Waals surface area (Å²) >= 11 is 1.55. The first-order chi connectivity index (χ1) is 11.4. The average molecular weight is 368 g/mol. The molecule has 1 aromatic carbocycles. The maximum absolute atomic E-state index is 12.0. The van der Waals surface area contributed by atoms with Crippen molar-refractivity contribution in [1.82, 2.24) is 14.6 Å². The molecule has 0 aliphatic carbocycles. The van der Waals surface area contributed by atoms with Crippen LogP contribution in [0, 0.1) is 5.92 Å². The number of nitrogens with zero attached hydrogens (tertiary/aromatic N) is 2. The molecular weight excluding hydrogens is 348 g/mol. The smallest absolute Gasteiger partial charge is 0.319 e. The van der Waals surface area contributed by atoms with Crippen molar-refractivity contribution >= 4 is 43.3 Å². The third-order valence-electron chi connectivity index (χ3n) is 4.09. The number of carbonyl (C=O) groups excluding carboxylic acids is 1. The molecule has 2 aromatic rings. The fraction of sp³-hybridized carbons (Fsp3) is 0.467. The molecular formula is C15H20N4O3S2. The van der Waals surface area contributed by atoms with Crippen LogP contribution in [0.5, 0.6) is 0 Å². The maximum atomic E-state index is 12.0. The second-order valence-electron chi connectivity index (χ2n) is 6.00. The van der Waals surface area contributed by atoms with Crippen molar-refractivity contribution in [3.05, 3.63) is 23.7 Å². The van der Waals surface area contributed by atoms with Crippen LogP contribution >= 0.6 is 11.3 Å². The van der Waals surface area contributed by atoms with Crippen LogP contribution in [0.3, 0.4) is 0 Å². The number of aromatic nitrogens is 1. The number of rotatable bonds is 4. The summed E-state index contributed by atoms with van der Waals surface area (Å²) < 4.78 is 25.8. The van der Waals surface area contributed by atoms with Gasteiger partial charge in [0.05, 0.1) is 22.0 Å². The lowest BCUT2D eigenvalue weighted by atomic mass is 10.00. The number of urea groups is 1. The van der Waals surface area contributed by atoms with Crippen LogP contribution in [-0.4, -0.2) is 49.6 Å². The first kappa shape index (κ1) is 17.1. The molecule has 0 spiro atoms. The Bertz CT molecular complexity index is 834. The minimum atomic E-state index is -3.16. The van der Waals surface area contributed by atoms with Gasteiger partial charge in [0.2, 0.25) is 10.0 Å². The largest absolute Gasteiger partial charge is 0.338 e. The number of nitrogens with one attached hydrogen (secondary N) is 2. The predicted molar refractivity (Wildman–Crippen MR) is 95.8 cm³/mol. The Kier molecular flexibility index (Phi) is 5.02. The van der Waals surface area contributed by atoms with Gasteiger partial charge < -0.3 is 10.6 Å². The number of thiazole rings is 1. The topological polar surface area (TPSA) is 91.4 Å². The molecule has 2 amide bonds. The van der Waals surface area contributed by atoms with Gasteiger partial charge in [0.25, 0.3) is 0 Å². The first-order valence-electron chi connectivity index (χ1n) is 7.75. The molecule has 24 heavy (non-hydrogen) atoms. The Morgan fingerprint density at radius 2 is 2.29 bits per heavy atom. The molecule has 1 aliphatic rings. The molecule has 1 aromatic heterocycles. The lowest BCUT2D eigenvalue weighted by molar-refractivity contribution is 0.239. The number of anilines is 1. The van der Waals surface area contributed by atoms with Crippen molar-refractivity contribution in [3.63, 3.8) is 0 Å². The fourth-order valence-corrected chi connectivity index (χ4v) is 4.44. The first-order valence-corrected chi connectivity index (χ1v) is 10.5. The second kappa shape index (κ2) is 7.04. The van der Waals surface area contributed by atoms with Crippen LogP contribution in [0.25, 0.3) is 10.2 Å². The van der Waals surface area contributed by atoms with Crippen LogP contribution in [0.4, 0.5) is 10.5 Å². The third kappa shape index (κ3) is 4.22. The van der Waals surface area contributed by atoms with Gasteiger partial charge >= 0.3 is 6.03 Å². The molecule has 1 saturated heterocycles. The number of hydrogen-bond donors (Lipinski definition) is 2. The van der Waals surface area contributed by atoms with Crippen LogP contribution in [-0.2, 0) is 10.0 Å². The number of carbonyl (C=O) groups is 1. The molecule has 130 valence electrons. The summed E-state index contributed by atoms with van der Waals surface area (Å²) in [5.41, 5.74) is 3.31. The zero-order valence-corrected chi connectivity index (χ0v) is 15.0. The van der Waals surface area contributed by atoms with Crippen LogP contribution in [0.15, 0.2) is 23.7 Å². The van der Waals surface area contributed by atoms with Crippen LogP contribution in [0.2, 0.25) is 0 Å². The highest BCUT2D eigenvalue weighted by Gasteiger charge is 2.25. The monoisotopic (exact) mass is 368 g/mol. The Labute approximate surface area is 145 Å². The number of benzene rings is 1. The Morgan fingerprint density at radius 1 is 1.46 bits per heavy atom. The highest BCUT2D eigenvalue weighted by atomic mass is 32.2. The van der Waals surface area contributed by atoms with Crippen LogP contribution < -0.4 is 10.6 Å². The van der Waals surface area contributed by atoms with Crippen molar-refractivity contribution in [1.29, 1.82) is 0 Å². The van der Waals surface area contributed by atoms with E-state index in [0.717, 1.165) is 23.1 Å². The zero-order chi connectivity index (χ0) is 17.2. The number of piperidine rings is 1. The van der Waals surface area contributed by atoms with Gasteiger partial charge in [-0.25, -0.2) is 22.5 Å². The Balaban J connectivity index is 1.51. The molecule has 0 unspecified atom stereocenters. The fourth-order valence-electron chi connectivity index (χ4n) is 2.84. The molecule has 2 heterocycles. The molecule has 9 heteroatoms. The summed E-state index contributed by atoms with van der Waals surface area (Å²) in [6.45, 7) is 1.48. The lowest BCUT2D eigenvalue weighted by Crippen LogP contribution is -2.43. The minimum absolute atomic E-state index is 0.139. The molecule has 1 aliphatic heterocycles. The number of amides is 2. The van der Waals surface area contributed by atoms with Gasteiger partial charge in [0.1, 0.15) is 0 Å². The van der Waals surface area contributed by atoms with E-state index in [4.69, 9.17) is 0 Å². The summed E-state index contributed by atoms with van der Waals surface area (Å²) in [5.74, 6) is 0.139. The summed E-state index contributed by atoms with van der Waals surface area (Å²) in [4.78, 5) is 16.3. The van der Waals surface area contributed by atoms with Crippen molar-refractivity contribution in [2.24, 2.45) is 5.92 Å². The van der Waals surface area contributed by atoms with E-state index >= 15 is 0 Å². The molecule has 1 fully saturated rings. The Morgan fingerprint density at radius 3 is 3.08 bits per heavy atom. The van der Waals surface area contributed by atoms with Crippen molar-refractivity contribution < 1.29 is 13.2 Å². The maximum Gasteiger partial charge on any atom is 0.319 e. The second-order valence-corrected chi connectivity index (χ2v) is 8.87. The van der Waals surface area contributed by atoms with E-state index in [1.54, 1.807) is 16.8 Å². The van der Waals surface area contributed by atoms with E-state index in [1.807, 2.05) is 18.2 Å². The summed E-state index contributed by atoms with van der Waals surface area (Å²) in [5, 5.41) is 5.61. The van der Waals surface area contributed by atoms with Gasteiger partial charge in [-0.15, -0.1) is 11.3 Å². The number of hydrogen-bond acceptors (Lipinski definition) is 5. The van der Waals surface area contributed by atoms with E-state index in [0.29, 0.717) is 25.3 Å². The Hall–Kier alpha value is -1.71. The van der Waals surface area contributed by atoms with Gasteiger partial charge in [0.15, 0.2) is 0 Å². The highest BCUT2D eigenvalue weighted by Crippen LogP contribution is 2.21. The number of sulfonamides is 1. The quantitative estimate of drug-likeness (QED) is 0.864. The molecule has 2 N–H and O–H groups in total. The van der Waals surface area contributed by atoms with Gasteiger partial charge in [-0.05, 0) is 37.0 Å². The van der Waals surface area contributed by atoms with Gasteiger partial charge in [-0.3, -0.25) is 0 Å². The summed E-state index contributed by atoms with van der Waals surface area (Å²) in [6.07, 6.45) is 2.96. The van der Waals surface area contributed by atoms with Crippen molar-refractivity contribution in [2.45, 2.75) is 12.8 Å². The van der Waals surface area contributed by atoms with Crippen molar-refractivity contribution in [3.8, 4) is 0 Å².